The molecular formula is C18H18N2O. The second-order valence-corrected chi connectivity index (χ2v) is 5.00. The molecule has 0 fully saturated rings. The molecule has 2 aromatic rings. The van der Waals surface area contributed by atoms with Crippen molar-refractivity contribution in [2.24, 2.45) is 0 Å². The molecule has 0 radical (unpaired) electrons. The smallest absolute Gasteiger partial charge is 0.138 e. The number of nitriles is 1. The van der Waals surface area contributed by atoms with E-state index in [0.717, 1.165) is 16.3 Å². The highest BCUT2D eigenvalue weighted by Gasteiger charge is 2.05. The van der Waals surface area contributed by atoms with Gasteiger partial charge in [-0.15, -0.1) is 0 Å². The predicted molar refractivity (Wildman–Crippen MR) is 85.7 cm³/mol. The Balaban J connectivity index is 2.64. The highest BCUT2D eigenvalue weighted by molar-refractivity contribution is 5.51. The second kappa shape index (κ2) is 6.15. The lowest BCUT2D eigenvalue weighted by Crippen LogP contribution is -2.26. The Morgan fingerprint density at radius 1 is 1.33 bits per heavy atom. The summed E-state index contributed by atoms with van der Waals surface area (Å²) >= 11 is 0. The van der Waals surface area contributed by atoms with Crippen molar-refractivity contribution in [1.82, 2.24) is 4.57 Å². The first-order valence-corrected chi connectivity index (χ1v) is 6.67. The molecule has 3 heteroatoms. The Morgan fingerprint density at radius 3 is 2.71 bits per heavy atom. The normalized spacial score (nSPS) is 11.0. The van der Waals surface area contributed by atoms with Gasteiger partial charge in [-0.05, 0) is 43.3 Å². The second-order valence-electron chi connectivity index (χ2n) is 5.00. The van der Waals surface area contributed by atoms with Crippen molar-refractivity contribution in [3.05, 3.63) is 58.2 Å². The molecular weight excluding hydrogens is 260 g/mol. The highest BCUT2D eigenvalue weighted by atomic mass is 16.5. The predicted octanol–water partition coefficient (Wildman–Crippen LogP) is 2.51. The Morgan fingerprint density at radius 2 is 2.10 bits per heavy atom. The summed E-state index contributed by atoms with van der Waals surface area (Å²) in [5.41, 5.74) is 2.69. The van der Waals surface area contributed by atoms with Gasteiger partial charge in [-0.1, -0.05) is 18.2 Å². The third-order valence-electron chi connectivity index (χ3n) is 3.17. The SMILES string of the molecule is C=c1ccn(-c2ccc(C#N)c(OC)c2)/c1=C/C=C(C)C. The fourth-order valence-corrected chi connectivity index (χ4v) is 2.07. The van der Waals surface area contributed by atoms with Gasteiger partial charge in [0.25, 0.3) is 0 Å². The maximum Gasteiger partial charge on any atom is 0.138 e. The molecule has 0 spiro atoms. The van der Waals surface area contributed by atoms with Crippen LogP contribution in [0.15, 0.2) is 42.1 Å². The van der Waals surface area contributed by atoms with E-state index in [-0.39, 0.29) is 0 Å². The van der Waals surface area contributed by atoms with Crippen molar-refractivity contribution < 1.29 is 4.74 Å². The molecule has 0 atom stereocenters. The number of methoxy groups -OCH3 is 1. The van der Waals surface area contributed by atoms with E-state index in [9.17, 15) is 0 Å². The van der Waals surface area contributed by atoms with Gasteiger partial charge >= 0.3 is 0 Å². The summed E-state index contributed by atoms with van der Waals surface area (Å²) in [6.45, 7) is 8.16. The number of nitrogens with zero attached hydrogens (tertiary/aromatic N) is 2. The fourth-order valence-electron chi connectivity index (χ4n) is 2.07. The Hall–Kier alpha value is -2.73. The molecule has 1 heterocycles. The molecule has 0 unspecified atom stereocenters. The molecule has 0 aliphatic rings. The van der Waals surface area contributed by atoms with E-state index in [1.165, 1.54) is 5.57 Å². The topological polar surface area (TPSA) is 38.0 Å². The number of benzene rings is 1. The van der Waals surface area contributed by atoms with Crippen molar-refractivity contribution in [2.45, 2.75) is 13.8 Å². The third kappa shape index (κ3) is 3.06. The zero-order valence-electron chi connectivity index (χ0n) is 12.6. The molecule has 0 aliphatic heterocycles. The van der Waals surface area contributed by atoms with E-state index in [1.807, 2.05) is 35.0 Å². The summed E-state index contributed by atoms with van der Waals surface area (Å²) in [6, 6.07) is 9.62. The van der Waals surface area contributed by atoms with Gasteiger partial charge in [0.2, 0.25) is 0 Å². The van der Waals surface area contributed by atoms with Gasteiger partial charge in [-0.25, -0.2) is 0 Å². The molecule has 1 aromatic carbocycles. The Bertz CT molecular complexity index is 831. The summed E-state index contributed by atoms with van der Waals surface area (Å²) in [7, 11) is 1.57. The lowest BCUT2D eigenvalue weighted by Gasteiger charge is -2.08. The summed E-state index contributed by atoms with van der Waals surface area (Å²) < 4.78 is 7.30. The first-order chi connectivity index (χ1) is 10.1. The minimum Gasteiger partial charge on any atom is -0.495 e. The molecule has 0 saturated heterocycles. The lowest BCUT2D eigenvalue weighted by atomic mass is 10.2. The van der Waals surface area contributed by atoms with Gasteiger partial charge in [0, 0.05) is 18.0 Å². The van der Waals surface area contributed by atoms with E-state index in [2.05, 4.69) is 32.6 Å². The maximum absolute atomic E-state index is 9.05. The Kier molecular flexibility index (Phi) is 4.30. The summed E-state index contributed by atoms with van der Waals surface area (Å²) in [5, 5.41) is 11.0. The standard InChI is InChI=1S/C18H18N2O/c1-13(2)5-8-17-14(3)9-10-20(17)16-7-6-15(12-19)18(11-16)21-4/h5-11H,3H2,1-2,4H3/b17-8+. The number of hydrogen-bond donors (Lipinski definition) is 0. The van der Waals surface area contributed by atoms with E-state index >= 15 is 0 Å². The first kappa shape index (κ1) is 14.7. The highest BCUT2D eigenvalue weighted by Crippen LogP contribution is 2.20. The molecule has 0 aliphatic carbocycles. The average Bonchev–Trinajstić information content (AvgIpc) is 2.85. The first-order valence-electron chi connectivity index (χ1n) is 6.67. The molecule has 2 rings (SSSR count). The molecule has 0 amide bonds. The number of hydrogen-bond acceptors (Lipinski definition) is 2. The molecule has 0 N–H and O–H groups in total. The monoisotopic (exact) mass is 278 g/mol. The van der Waals surface area contributed by atoms with Gasteiger partial charge in [0.05, 0.1) is 18.0 Å². The summed E-state index contributed by atoms with van der Waals surface area (Å²) in [5.74, 6) is 0.572. The van der Waals surface area contributed by atoms with Crippen molar-refractivity contribution in [3.8, 4) is 17.5 Å². The van der Waals surface area contributed by atoms with Gasteiger partial charge < -0.3 is 9.30 Å². The van der Waals surface area contributed by atoms with Crippen LogP contribution in [0.2, 0.25) is 0 Å². The van der Waals surface area contributed by atoms with Crippen LogP contribution in [0.25, 0.3) is 18.3 Å². The third-order valence-corrected chi connectivity index (χ3v) is 3.17. The van der Waals surface area contributed by atoms with Crippen molar-refractivity contribution in [3.63, 3.8) is 0 Å². The molecule has 21 heavy (non-hydrogen) atoms. The van der Waals surface area contributed by atoms with Gasteiger partial charge in [-0.2, -0.15) is 5.26 Å². The van der Waals surface area contributed by atoms with E-state index in [0.29, 0.717) is 11.3 Å². The van der Waals surface area contributed by atoms with Crippen LogP contribution in [-0.4, -0.2) is 11.7 Å². The molecule has 0 saturated carbocycles. The van der Waals surface area contributed by atoms with Crippen molar-refractivity contribution in [1.29, 1.82) is 5.26 Å². The minimum atomic E-state index is 0.526. The quantitative estimate of drug-likeness (QED) is 0.865. The van der Waals surface area contributed by atoms with Crippen LogP contribution in [0.3, 0.4) is 0 Å². The van der Waals surface area contributed by atoms with Crippen LogP contribution in [0, 0.1) is 11.3 Å². The van der Waals surface area contributed by atoms with Crippen LogP contribution in [0.1, 0.15) is 19.4 Å². The zero-order chi connectivity index (χ0) is 15.4. The largest absolute Gasteiger partial charge is 0.495 e. The summed E-state index contributed by atoms with van der Waals surface area (Å²) in [6.07, 6.45) is 6.07. The van der Waals surface area contributed by atoms with E-state index in [1.54, 1.807) is 13.2 Å². The lowest BCUT2D eigenvalue weighted by molar-refractivity contribution is 0.413. The van der Waals surface area contributed by atoms with Gasteiger partial charge in [0.15, 0.2) is 0 Å². The average molecular weight is 278 g/mol. The van der Waals surface area contributed by atoms with Crippen molar-refractivity contribution >= 4 is 12.7 Å². The minimum absolute atomic E-state index is 0.526. The van der Waals surface area contributed by atoms with Gasteiger partial charge in [-0.3, -0.25) is 0 Å². The molecule has 106 valence electrons. The molecule has 1 aromatic heterocycles. The van der Waals surface area contributed by atoms with Crippen LogP contribution >= 0.6 is 0 Å². The van der Waals surface area contributed by atoms with Gasteiger partial charge in [0.1, 0.15) is 11.8 Å². The van der Waals surface area contributed by atoms with E-state index in [4.69, 9.17) is 10.00 Å². The zero-order valence-corrected chi connectivity index (χ0v) is 12.6. The summed E-state index contributed by atoms with van der Waals surface area (Å²) in [4.78, 5) is 0. The van der Waals surface area contributed by atoms with E-state index < -0.39 is 0 Å². The fraction of sp³-hybridized carbons (Fsp3) is 0.167. The van der Waals surface area contributed by atoms with Crippen LogP contribution in [0.4, 0.5) is 0 Å². The Labute approximate surface area is 124 Å². The molecule has 3 nitrogen and oxygen atoms in total. The molecule has 0 bridgehead atoms. The van der Waals surface area contributed by atoms with Crippen LogP contribution < -0.4 is 15.3 Å². The number of ether oxygens (including phenoxy) is 1. The number of aromatic nitrogens is 1. The number of allylic oxidation sites excluding steroid dienone is 2. The van der Waals surface area contributed by atoms with Crippen molar-refractivity contribution in [2.75, 3.05) is 7.11 Å². The van der Waals surface area contributed by atoms with Crippen LogP contribution in [0.5, 0.6) is 5.75 Å². The number of rotatable bonds is 3. The van der Waals surface area contributed by atoms with Crippen LogP contribution in [-0.2, 0) is 0 Å². The maximum atomic E-state index is 9.05.